The number of carbonyl (C=O) groups is 1. The maximum absolute atomic E-state index is 12.2. The third-order valence-electron chi connectivity index (χ3n) is 3.30. The Morgan fingerprint density at radius 3 is 2.84 bits per heavy atom. The van der Waals surface area contributed by atoms with Gasteiger partial charge in [0.25, 0.3) is 5.91 Å². The number of nitrogens with one attached hydrogen (secondary N) is 1. The molecule has 19 heavy (non-hydrogen) atoms. The highest BCUT2D eigenvalue weighted by Crippen LogP contribution is 2.30. The lowest BCUT2D eigenvalue weighted by Crippen LogP contribution is -2.13. The number of fused-ring (bicyclic) bond motifs is 1. The Bertz CT molecular complexity index is 676. The molecule has 2 nitrogen and oxygen atoms in total. The second-order valence-corrected chi connectivity index (χ2v) is 5.77. The van der Waals surface area contributed by atoms with E-state index in [9.17, 15) is 4.79 Å². The average molecular weight is 269 g/mol. The van der Waals surface area contributed by atoms with Gasteiger partial charge in [-0.25, -0.2) is 0 Å². The number of aryl methyl sites for hydroxylation is 1. The summed E-state index contributed by atoms with van der Waals surface area (Å²) in [5.74, 6) is 1.03. The number of rotatable bonds is 2. The van der Waals surface area contributed by atoms with Crippen molar-refractivity contribution >= 4 is 34.1 Å². The van der Waals surface area contributed by atoms with Gasteiger partial charge in [0.05, 0.1) is 10.6 Å². The summed E-state index contributed by atoms with van der Waals surface area (Å²) >= 11 is 1.63. The first-order valence-electron chi connectivity index (χ1n) is 6.38. The van der Waals surface area contributed by atoms with Crippen LogP contribution in [0.5, 0.6) is 0 Å². The molecule has 96 valence electrons. The molecular formula is C16H15NOS. The minimum atomic E-state index is 0.0157. The van der Waals surface area contributed by atoms with Gasteiger partial charge in [0.15, 0.2) is 0 Å². The highest BCUT2D eigenvalue weighted by molar-refractivity contribution is 8.04. The number of thioether (sulfide) groups is 1. The Morgan fingerprint density at radius 2 is 2.05 bits per heavy atom. The first-order valence-corrected chi connectivity index (χ1v) is 7.37. The van der Waals surface area contributed by atoms with E-state index in [0.29, 0.717) is 0 Å². The van der Waals surface area contributed by atoms with Gasteiger partial charge in [0.1, 0.15) is 0 Å². The van der Waals surface area contributed by atoms with Crippen LogP contribution in [0.1, 0.15) is 12.0 Å². The number of allylic oxidation sites excluding steroid dienone is 1. The molecule has 1 N–H and O–H groups in total. The lowest BCUT2D eigenvalue weighted by atomic mass is 10.0. The first kappa shape index (κ1) is 12.3. The van der Waals surface area contributed by atoms with E-state index in [2.05, 4.69) is 17.4 Å². The van der Waals surface area contributed by atoms with Crippen LogP contribution < -0.4 is 5.32 Å². The zero-order valence-corrected chi connectivity index (χ0v) is 11.6. The van der Waals surface area contributed by atoms with Crippen LogP contribution in [0.2, 0.25) is 0 Å². The maximum Gasteiger partial charge on any atom is 0.261 e. The second-order valence-electron chi connectivity index (χ2n) is 4.64. The molecule has 1 aliphatic heterocycles. The molecule has 0 fully saturated rings. The van der Waals surface area contributed by atoms with E-state index in [1.807, 2.05) is 37.3 Å². The van der Waals surface area contributed by atoms with Crippen LogP contribution in [0.3, 0.4) is 0 Å². The van der Waals surface area contributed by atoms with Gasteiger partial charge in [-0.1, -0.05) is 42.5 Å². The van der Waals surface area contributed by atoms with Gasteiger partial charge in [0, 0.05) is 11.1 Å². The number of hydrogen-bond acceptors (Lipinski definition) is 2. The van der Waals surface area contributed by atoms with E-state index < -0.39 is 0 Å². The van der Waals surface area contributed by atoms with Gasteiger partial charge in [-0.05, 0) is 24.3 Å². The van der Waals surface area contributed by atoms with Crippen molar-refractivity contribution in [3.05, 3.63) is 52.9 Å². The van der Waals surface area contributed by atoms with Crippen molar-refractivity contribution in [2.45, 2.75) is 13.3 Å². The van der Waals surface area contributed by atoms with Crippen molar-refractivity contribution in [1.29, 1.82) is 0 Å². The van der Waals surface area contributed by atoms with Gasteiger partial charge < -0.3 is 5.32 Å². The number of benzene rings is 2. The average Bonchev–Trinajstić information content (AvgIpc) is 2.96. The van der Waals surface area contributed by atoms with E-state index in [1.165, 1.54) is 0 Å². The minimum absolute atomic E-state index is 0.0157. The Morgan fingerprint density at radius 1 is 1.21 bits per heavy atom. The molecule has 3 heteroatoms. The minimum Gasteiger partial charge on any atom is -0.321 e. The maximum atomic E-state index is 12.2. The normalized spacial score (nSPS) is 14.5. The topological polar surface area (TPSA) is 29.1 Å². The van der Waals surface area contributed by atoms with Crippen molar-refractivity contribution in [2.75, 3.05) is 11.1 Å². The highest BCUT2D eigenvalue weighted by Gasteiger charge is 2.16. The molecule has 0 aromatic heterocycles. The standard InChI is InChI=1S/C16H15NOS/c1-11-8-9-12-5-2-3-6-13(12)15(11)17-16(18)14-7-4-10-19-14/h2-3,5-9H,4,10H2,1H3,(H,17,18). The third-order valence-corrected chi connectivity index (χ3v) is 4.41. The van der Waals surface area contributed by atoms with Crippen LogP contribution in [0.15, 0.2) is 47.4 Å². The molecule has 0 bridgehead atoms. The summed E-state index contributed by atoms with van der Waals surface area (Å²) in [4.78, 5) is 13.1. The van der Waals surface area contributed by atoms with E-state index in [1.54, 1.807) is 11.8 Å². The highest BCUT2D eigenvalue weighted by atomic mass is 32.2. The zero-order valence-electron chi connectivity index (χ0n) is 10.8. The molecule has 1 heterocycles. The fourth-order valence-corrected chi connectivity index (χ4v) is 3.17. The molecule has 0 unspecified atom stereocenters. The van der Waals surface area contributed by atoms with Crippen LogP contribution in [0, 0.1) is 6.92 Å². The first-order chi connectivity index (χ1) is 9.25. The van der Waals surface area contributed by atoms with Gasteiger partial charge >= 0.3 is 0 Å². The summed E-state index contributed by atoms with van der Waals surface area (Å²) in [5.41, 5.74) is 2.02. The molecule has 1 aliphatic rings. The molecule has 1 amide bonds. The molecule has 0 spiro atoms. The monoisotopic (exact) mass is 269 g/mol. The lowest BCUT2D eigenvalue weighted by molar-refractivity contribution is -0.112. The van der Waals surface area contributed by atoms with E-state index in [-0.39, 0.29) is 5.91 Å². The molecule has 0 radical (unpaired) electrons. The Labute approximate surface area is 116 Å². The van der Waals surface area contributed by atoms with Gasteiger partial charge in [0.2, 0.25) is 0 Å². The van der Waals surface area contributed by atoms with Crippen molar-refractivity contribution in [2.24, 2.45) is 0 Å². The fourth-order valence-electron chi connectivity index (χ4n) is 2.30. The lowest BCUT2D eigenvalue weighted by Gasteiger charge is -2.12. The van der Waals surface area contributed by atoms with Gasteiger partial charge in [-0.3, -0.25) is 4.79 Å². The summed E-state index contributed by atoms with van der Waals surface area (Å²) in [5, 5.41) is 5.31. The van der Waals surface area contributed by atoms with E-state index in [4.69, 9.17) is 0 Å². The van der Waals surface area contributed by atoms with Crippen molar-refractivity contribution in [1.82, 2.24) is 0 Å². The van der Waals surface area contributed by atoms with E-state index >= 15 is 0 Å². The zero-order chi connectivity index (χ0) is 13.2. The summed E-state index contributed by atoms with van der Waals surface area (Å²) < 4.78 is 0. The summed E-state index contributed by atoms with van der Waals surface area (Å²) in [6, 6.07) is 12.3. The molecule has 2 aromatic carbocycles. The Balaban J connectivity index is 2.00. The smallest absolute Gasteiger partial charge is 0.261 e. The largest absolute Gasteiger partial charge is 0.321 e. The quantitative estimate of drug-likeness (QED) is 0.889. The Kier molecular flexibility index (Phi) is 3.30. The van der Waals surface area contributed by atoms with Crippen LogP contribution in [-0.2, 0) is 4.79 Å². The van der Waals surface area contributed by atoms with Crippen molar-refractivity contribution in [3.63, 3.8) is 0 Å². The fraction of sp³-hybridized carbons (Fsp3) is 0.188. The van der Waals surface area contributed by atoms with Crippen molar-refractivity contribution in [3.8, 4) is 0 Å². The van der Waals surface area contributed by atoms with Crippen LogP contribution in [0.25, 0.3) is 10.8 Å². The molecule has 0 saturated heterocycles. The van der Waals surface area contributed by atoms with Gasteiger partial charge in [-0.15, -0.1) is 11.8 Å². The van der Waals surface area contributed by atoms with Crippen LogP contribution >= 0.6 is 11.8 Å². The summed E-state index contributed by atoms with van der Waals surface area (Å²) in [7, 11) is 0. The van der Waals surface area contributed by atoms with Crippen LogP contribution in [0.4, 0.5) is 5.69 Å². The summed E-state index contributed by atoms with van der Waals surface area (Å²) in [6.45, 7) is 2.03. The second kappa shape index (κ2) is 5.10. The number of hydrogen-bond donors (Lipinski definition) is 1. The Hall–Kier alpha value is -1.74. The molecule has 0 atom stereocenters. The van der Waals surface area contributed by atoms with Gasteiger partial charge in [-0.2, -0.15) is 0 Å². The van der Waals surface area contributed by atoms with Crippen molar-refractivity contribution < 1.29 is 4.79 Å². The predicted molar refractivity (Wildman–Crippen MR) is 82.5 cm³/mol. The molecule has 2 aromatic rings. The number of amides is 1. The molecule has 0 aliphatic carbocycles. The SMILES string of the molecule is Cc1ccc2ccccc2c1NC(=O)C1=CCCS1. The van der Waals surface area contributed by atoms with Crippen LogP contribution in [-0.4, -0.2) is 11.7 Å². The van der Waals surface area contributed by atoms with E-state index in [0.717, 1.165) is 39.1 Å². The molecule has 3 rings (SSSR count). The number of anilines is 1. The third kappa shape index (κ3) is 2.38. The number of carbonyl (C=O) groups excluding carboxylic acids is 1. The summed E-state index contributed by atoms with van der Waals surface area (Å²) in [6.07, 6.45) is 3.00. The molecular weight excluding hydrogens is 254 g/mol. The predicted octanol–water partition coefficient (Wildman–Crippen LogP) is 4.11. The molecule has 0 saturated carbocycles.